The highest BCUT2D eigenvalue weighted by Gasteiger charge is 2.01. The third-order valence-electron chi connectivity index (χ3n) is 1.67. The Bertz CT molecular complexity index is 463. The Kier molecular flexibility index (Phi) is 2.37. The van der Waals surface area contributed by atoms with Gasteiger partial charge in [0.2, 0.25) is 0 Å². The van der Waals surface area contributed by atoms with Crippen LogP contribution in [-0.4, -0.2) is 0 Å². The maximum absolute atomic E-state index is 5.81. The molecule has 0 unspecified atom stereocenters. The van der Waals surface area contributed by atoms with E-state index in [0.29, 0.717) is 15.1 Å². The number of fused-ring (bicyclic) bond motifs is 1. The Labute approximate surface area is 91.0 Å². The fourth-order valence-electron chi connectivity index (χ4n) is 1.07. The molecule has 0 amide bonds. The maximum atomic E-state index is 5.81. The quantitative estimate of drug-likeness (QED) is 0.628. The van der Waals surface area contributed by atoms with Crippen LogP contribution in [0.1, 0.15) is 0 Å². The van der Waals surface area contributed by atoms with Gasteiger partial charge in [-0.05, 0) is 22.9 Å². The Balaban J connectivity index is 2.81. The van der Waals surface area contributed by atoms with Crippen molar-refractivity contribution in [1.82, 2.24) is 0 Å². The van der Waals surface area contributed by atoms with Gasteiger partial charge in [-0.3, -0.25) is 0 Å². The zero-order valence-electron chi connectivity index (χ0n) is 6.37. The van der Waals surface area contributed by atoms with Crippen LogP contribution in [0.25, 0.3) is 10.8 Å². The molecule has 0 aliphatic carbocycles. The number of halogens is 3. The third kappa shape index (κ3) is 1.76. The summed E-state index contributed by atoms with van der Waals surface area (Å²) in [7, 11) is 0. The molecule has 2 rings (SSSR count). The molecule has 13 heavy (non-hydrogen) atoms. The number of benzene rings is 2. The van der Waals surface area contributed by atoms with Crippen LogP contribution in [0.5, 0.6) is 0 Å². The molecule has 0 spiro atoms. The van der Waals surface area contributed by atoms with E-state index in [4.69, 9.17) is 34.8 Å². The minimum atomic E-state index is 0.421. The zero-order chi connectivity index (χ0) is 9.42. The summed E-state index contributed by atoms with van der Waals surface area (Å²) in [4.78, 5) is 0. The minimum absolute atomic E-state index is 0.421. The van der Waals surface area contributed by atoms with Gasteiger partial charge in [0, 0.05) is 17.2 Å². The van der Waals surface area contributed by atoms with E-state index in [0.717, 1.165) is 10.8 Å². The van der Waals surface area contributed by atoms with E-state index in [-0.39, 0.29) is 0 Å². The topological polar surface area (TPSA) is 0 Å². The number of rotatable bonds is 0. The van der Waals surface area contributed by atoms with Gasteiger partial charge in [0.25, 0.3) is 0 Å². The van der Waals surface area contributed by atoms with Gasteiger partial charge < -0.3 is 0 Å². The van der Waals surface area contributed by atoms with Crippen molar-refractivity contribution < 1.29 is 0 Å². The van der Waals surface area contributed by atoms with Crippen molar-refractivity contribution in [2.45, 2.75) is 0 Å². The van der Waals surface area contributed by atoms with Gasteiger partial charge in [-0.2, -0.15) is 0 Å². The molecule has 0 aromatic heterocycles. The van der Waals surface area contributed by atoms with Crippen molar-refractivity contribution in [1.29, 1.82) is 0 Å². The molecule has 64 valence electrons. The molecule has 0 aliphatic heterocycles. The molecular weight excluding hydrogens is 226 g/mol. The molecule has 3 heteroatoms. The summed E-state index contributed by atoms with van der Waals surface area (Å²) in [6.45, 7) is 0. The molecular formula is C10H3Cl3. The highest BCUT2D eigenvalue weighted by Crippen LogP contribution is 2.28. The zero-order valence-corrected chi connectivity index (χ0v) is 8.63. The second kappa shape index (κ2) is 3.38. The van der Waals surface area contributed by atoms with Gasteiger partial charge in [-0.1, -0.05) is 40.9 Å². The number of hydrogen-bond donors (Lipinski definition) is 0. The average molecular weight is 229 g/mol. The molecule has 0 heterocycles. The first-order valence-electron chi connectivity index (χ1n) is 3.55. The molecule has 0 aliphatic rings. The van der Waals surface area contributed by atoms with E-state index in [9.17, 15) is 0 Å². The van der Waals surface area contributed by atoms with Crippen molar-refractivity contribution in [3.05, 3.63) is 45.4 Å². The second-order valence-corrected chi connectivity index (χ2v) is 3.76. The van der Waals surface area contributed by atoms with Gasteiger partial charge in [0.05, 0.1) is 10.0 Å². The molecule has 0 saturated carbocycles. The molecule has 0 bridgehead atoms. The van der Waals surface area contributed by atoms with E-state index >= 15 is 0 Å². The minimum Gasteiger partial charge on any atom is -0.0836 e. The molecule has 2 aromatic rings. The number of hydrogen-bond acceptors (Lipinski definition) is 0. The molecule has 2 aromatic carbocycles. The Hall–Kier alpha value is -0.430. The highest BCUT2D eigenvalue weighted by molar-refractivity contribution is 6.42. The van der Waals surface area contributed by atoms with Crippen LogP contribution >= 0.6 is 34.8 Å². The van der Waals surface area contributed by atoms with Crippen LogP contribution in [-0.2, 0) is 0 Å². The fourth-order valence-corrected chi connectivity index (χ4v) is 1.55. The van der Waals surface area contributed by atoms with Gasteiger partial charge in [0.15, 0.2) is 0 Å². The fraction of sp³-hybridized carbons (Fsp3) is 0. The van der Waals surface area contributed by atoms with E-state index in [1.807, 2.05) is 6.07 Å². The SMILES string of the molecule is Clc1[c]c2cc(Cl)c(Cl)[c]c2cc1. The lowest BCUT2D eigenvalue weighted by molar-refractivity contribution is 1.72. The predicted octanol–water partition coefficient (Wildman–Crippen LogP) is 4.40. The van der Waals surface area contributed by atoms with Crippen LogP contribution < -0.4 is 0 Å². The summed E-state index contributed by atoms with van der Waals surface area (Å²) in [5.74, 6) is 0. The maximum Gasteiger partial charge on any atom is 0.0677 e. The standard InChI is InChI=1S/C10H3Cl3/c11-8-2-1-6-4-9(12)10(13)5-7(6)3-8/h1-2,5H. The normalized spacial score (nSPS) is 10.7. The van der Waals surface area contributed by atoms with E-state index in [2.05, 4.69) is 12.1 Å². The first-order chi connectivity index (χ1) is 6.16. The lowest BCUT2D eigenvalue weighted by Gasteiger charge is -1.99. The van der Waals surface area contributed by atoms with Crippen LogP contribution in [0.3, 0.4) is 0 Å². The van der Waals surface area contributed by atoms with Crippen LogP contribution in [0, 0.1) is 12.1 Å². The third-order valence-corrected chi connectivity index (χ3v) is 2.58. The Morgan fingerprint density at radius 1 is 0.923 bits per heavy atom. The van der Waals surface area contributed by atoms with Gasteiger partial charge in [0.1, 0.15) is 0 Å². The molecule has 0 atom stereocenters. The van der Waals surface area contributed by atoms with Crippen molar-refractivity contribution in [2.75, 3.05) is 0 Å². The summed E-state index contributed by atoms with van der Waals surface area (Å²) in [5, 5.41) is 3.12. The van der Waals surface area contributed by atoms with Crippen molar-refractivity contribution in [3.8, 4) is 0 Å². The predicted molar refractivity (Wildman–Crippen MR) is 56.7 cm³/mol. The molecule has 0 fully saturated rings. The first kappa shape index (κ1) is 9.14. The monoisotopic (exact) mass is 228 g/mol. The smallest absolute Gasteiger partial charge is 0.0677 e. The summed E-state index contributed by atoms with van der Waals surface area (Å²) >= 11 is 17.4. The average Bonchev–Trinajstić information content (AvgIpc) is 2.08. The van der Waals surface area contributed by atoms with E-state index in [1.165, 1.54) is 0 Å². The largest absolute Gasteiger partial charge is 0.0836 e. The lowest BCUT2D eigenvalue weighted by atomic mass is 10.1. The van der Waals surface area contributed by atoms with Crippen molar-refractivity contribution in [3.63, 3.8) is 0 Å². The van der Waals surface area contributed by atoms with Crippen LogP contribution in [0.4, 0.5) is 0 Å². The molecule has 0 saturated heterocycles. The van der Waals surface area contributed by atoms with Gasteiger partial charge in [-0.15, -0.1) is 0 Å². The van der Waals surface area contributed by atoms with E-state index in [1.54, 1.807) is 12.1 Å². The molecule has 0 nitrogen and oxygen atoms in total. The molecule has 0 N–H and O–H groups in total. The second-order valence-electron chi connectivity index (χ2n) is 2.56. The Morgan fingerprint density at radius 2 is 1.69 bits per heavy atom. The lowest BCUT2D eigenvalue weighted by Crippen LogP contribution is -1.75. The van der Waals surface area contributed by atoms with Gasteiger partial charge >= 0.3 is 0 Å². The highest BCUT2D eigenvalue weighted by atomic mass is 35.5. The van der Waals surface area contributed by atoms with Crippen molar-refractivity contribution in [2.24, 2.45) is 0 Å². The van der Waals surface area contributed by atoms with Crippen LogP contribution in [0.2, 0.25) is 15.1 Å². The summed E-state index contributed by atoms with van der Waals surface area (Å²) in [6.07, 6.45) is 0. The molecule has 2 radical (unpaired) electrons. The first-order valence-corrected chi connectivity index (χ1v) is 4.69. The van der Waals surface area contributed by atoms with Gasteiger partial charge in [-0.25, -0.2) is 0 Å². The van der Waals surface area contributed by atoms with E-state index < -0.39 is 0 Å². The summed E-state index contributed by atoms with van der Waals surface area (Å²) in [5.41, 5.74) is 0. The van der Waals surface area contributed by atoms with Crippen molar-refractivity contribution >= 4 is 45.6 Å². The Morgan fingerprint density at radius 3 is 2.46 bits per heavy atom. The summed E-state index contributed by atoms with van der Waals surface area (Å²) in [6, 6.07) is 11.2. The summed E-state index contributed by atoms with van der Waals surface area (Å²) < 4.78 is 0. The van der Waals surface area contributed by atoms with Crippen LogP contribution in [0.15, 0.2) is 18.2 Å².